The van der Waals surface area contributed by atoms with Crippen LogP contribution in [-0.2, 0) is 5.41 Å². The second kappa shape index (κ2) is 4.68. The Morgan fingerprint density at radius 2 is 2.17 bits per heavy atom. The van der Waals surface area contributed by atoms with E-state index in [0.717, 1.165) is 12.4 Å². The first kappa shape index (κ1) is 13.0. The molecule has 1 aliphatic heterocycles. The minimum atomic E-state index is -0.123. The molecule has 100 valence electrons. The van der Waals surface area contributed by atoms with Gasteiger partial charge >= 0.3 is 0 Å². The van der Waals surface area contributed by atoms with Crippen molar-refractivity contribution < 1.29 is 4.79 Å². The number of rotatable bonds is 1. The Morgan fingerprint density at radius 1 is 1.44 bits per heavy atom. The van der Waals surface area contributed by atoms with Gasteiger partial charge in [0.25, 0.3) is 5.91 Å². The van der Waals surface area contributed by atoms with Crippen molar-refractivity contribution in [3.8, 4) is 0 Å². The largest absolute Gasteiger partial charge is 0.333 e. The molecule has 1 aromatic heterocycles. The van der Waals surface area contributed by atoms with Crippen LogP contribution in [0.2, 0.25) is 0 Å². The summed E-state index contributed by atoms with van der Waals surface area (Å²) in [6.45, 7) is 10.4. The first-order valence-electron chi connectivity index (χ1n) is 6.33. The number of carbonyl (C=O) groups is 1. The summed E-state index contributed by atoms with van der Waals surface area (Å²) in [7, 11) is 0. The van der Waals surface area contributed by atoms with E-state index in [1.165, 1.54) is 0 Å². The zero-order valence-electron chi connectivity index (χ0n) is 11.4. The lowest BCUT2D eigenvalue weighted by Gasteiger charge is -2.31. The van der Waals surface area contributed by atoms with Crippen LogP contribution in [0, 0.1) is 0 Å². The molecule has 0 saturated carbocycles. The molecule has 1 fully saturated rings. The number of nitrogens with zero attached hydrogens (tertiary/aromatic N) is 3. The third kappa shape index (κ3) is 2.69. The Labute approximate surface area is 107 Å². The lowest BCUT2D eigenvalue weighted by Crippen LogP contribution is -2.51. The van der Waals surface area contributed by atoms with Crippen molar-refractivity contribution in [1.82, 2.24) is 25.4 Å². The van der Waals surface area contributed by atoms with Gasteiger partial charge in [-0.1, -0.05) is 20.8 Å². The average molecular weight is 251 g/mol. The minimum absolute atomic E-state index is 0.0879. The number of aromatic nitrogens is 3. The molecule has 18 heavy (non-hydrogen) atoms. The van der Waals surface area contributed by atoms with Crippen LogP contribution < -0.4 is 5.32 Å². The predicted molar refractivity (Wildman–Crippen MR) is 68.5 cm³/mol. The molecule has 6 nitrogen and oxygen atoms in total. The standard InChI is InChI=1S/C12H21N5O/c1-8-7-17(6-5-13-8)10(18)9-14-11(16-15-9)12(2,3)4/h8,13H,5-7H2,1-4H3,(H,14,15,16). The number of piperazine rings is 1. The topological polar surface area (TPSA) is 73.9 Å². The van der Waals surface area contributed by atoms with Gasteiger partial charge in [0.15, 0.2) is 0 Å². The molecule has 1 aromatic rings. The van der Waals surface area contributed by atoms with E-state index >= 15 is 0 Å². The maximum Gasteiger partial charge on any atom is 0.293 e. The first-order chi connectivity index (χ1) is 8.38. The molecule has 1 aliphatic rings. The van der Waals surface area contributed by atoms with Crippen LogP contribution in [0.5, 0.6) is 0 Å². The maximum atomic E-state index is 12.2. The van der Waals surface area contributed by atoms with Gasteiger partial charge < -0.3 is 10.2 Å². The lowest BCUT2D eigenvalue weighted by molar-refractivity contribution is 0.0697. The van der Waals surface area contributed by atoms with E-state index in [-0.39, 0.29) is 17.1 Å². The normalized spacial score (nSPS) is 21.1. The molecule has 1 saturated heterocycles. The molecule has 1 amide bonds. The highest BCUT2D eigenvalue weighted by atomic mass is 16.2. The summed E-state index contributed by atoms with van der Waals surface area (Å²) in [6.07, 6.45) is 0. The van der Waals surface area contributed by atoms with Crippen molar-refractivity contribution in [2.45, 2.75) is 39.2 Å². The number of hydrogen-bond donors (Lipinski definition) is 2. The van der Waals surface area contributed by atoms with E-state index in [9.17, 15) is 4.79 Å². The van der Waals surface area contributed by atoms with E-state index in [4.69, 9.17) is 0 Å². The van der Waals surface area contributed by atoms with Crippen molar-refractivity contribution in [2.75, 3.05) is 19.6 Å². The van der Waals surface area contributed by atoms with Gasteiger partial charge in [0.2, 0.25) is 5.82 Å². The molecule has 0 radical (unpaired) electrons. The van der Waals surface area contributed by atoms with Gasteiger partial charge in [-0.05, 0) is 6.92 Å². The van der Waals surface area contributed by atoms with E-state index in [2.05, 4.69) is 27.4 Å². The molecule has 0 aromatic carbocycles. The Morgan fingerprint density at radius 3 is 2.72 bits per heavy atom. The highest BCUT2D eigenvalue weighted by Gasteiger charge is 2.26. The smallest absolute Gasteiger partial charge is 0.293 e. The second-order valence-corrected chi connectivity index (χ2v) is 5.86. The minimum Gasteiger partial charge on any atom is -0.333 e. The summed E-state index contributed by atoms with van der Waals surface area (Å²) in [5.41, 5.74) is -0.123. The van der Waals surface area contributed by atoms with Crippen LogP contribution in [0.4, 0.5) is 0 Å². The SMILES string of the molecule is CC1CN(C(=O)c2n[nH]c(C(C)(C)C)n2)CCN1. The lowest BCUT2D eigenvalue weighted by atomic mass is 9.96. The molecule has 0 bridgehead atoms. The van der Waals surface area contributed by atoms with Crippen LogP contribution in [-0.4, -0.2) is 51.7 Å². The van der Waals surface area contributed by atoms with Crippen molar-refractivity contribution in [3.05, 3.63) is 11.6 Å². The summed E-state index contributed by atoms with van der Waals surface area (Å²) in [6, 6.07) is 0.323. The van der Waals surface area contributed by atoms with Crippen LogP contribution in [0.15, 0.2) is 0 Å². The predicted octanol–water partition coefficient (Wildman–Crippen LogP) is 0.536. The van der Waals surface area contributed by atoms with Gasteiger partial charge in [-0.25, -0.2) is 4.98 Å². The Kier molecular flexibility index (Phi) is 3.38. The fraction of sp³-hybridized carbons (Fsp3) is 0.750. The number of H-pyrrole nitrogens is 1. The third-order valence-electron chi connectivity index (χ3n) is 3.04. The van der Waals surface area contributed by atoms with Gasteiger partial charge in [-0.15, -0.1) is 5.10 Å². The van der Waals surface area contributed by atoms with Gasteiger partial charge in [-0.3, -0.25) is 9.89 Å². The van der Waals surface area contributed by atoms with E-state index in [1.807, 2.05) is 20.8 Å². The van der Waals surface area contributed by atoms with Crippen LogP contribution in [0.25, 0.3) is 0 Å². The average Bonchev–Trinajstić information content (AvgIpc) is 2.77. The molecule has 1 atom stereocenters. The number of nitrogens with one attached hydrogen (secondary N) is 2. The monoisotopic (exact) mass is 251 g/mol. The summed E-state index contributed by atoms with van der Waals surface area (Å²) in [5.74, 6) is 0.929. The van der Waals surface area contributed by atoms with E-state index in [0.29, 0.717) is 19.1 Å². The van der Waals surface area contributed by atoms with E-state index < -0.39 is 0 Å². The summed E-state index contributed by atoms with van der Waals surface area (Å²) >= 11 is 0. The fourth-order valence-electron chi connectivity index (χ4n) is 1.95. The number of hydrogen-bond acceptors (Lipinski definition) is 4. The third-order valence-corrected chi connectivity index (χ3v) is 3.04. The summed E-state index contributed by atoms with van der Waals surface area (Å²) < 4.78 is 0. The molecule has 2 heterocycles. The molecule has 2 rings (SSSR count). The first-order valence-corrected chi connectivity index (χ1v) is 6.33. The zero-order valence-corrected chi connectivity index (χ0v) is 11.4. The van der Waals surface area contributed by atoms with Crippen LogP contribution in [0.1, 0.15) is 44.1 Å². The quantitative estimate of drug-likeness (QED) is 0.764. The molecule has 0 aliphatic carbocycles. The number of carbonyl (C=O) groups excluding carboxylic acids is 1. The van der Waals surface area contributed by atoms with Crippen molar-refractivity contribution in [2.24, 2.45) is 0 Å². The molecule has 6 heteroatoms. The highest BCUT2D eigenvalue weighted by molar-refractivity contribution is 5.90. The number of aromatic amines is 1. The van der Waals surface area contributed by atoms with Crippen molar-refractivity contribution in [1.29, 1.82) is 0 Å². The van der Waals surface area contributed by atoms with Crippen LogP contribution >= 0.6 is 0 Å². The highest BCUT2D eigenvalue weighted by Crippen LogP contribution is 2.17. The molecular weight excluding hydrogens is 230 g/mol. The Bertz CT molecular complexity index is 434. The van der Waals surface area contributed by atoms with Gasteiger partial charge in [-0.2, -0.15) is 0 Å². The molecule has 0 spiro atoms. The Hall–Kier alpha value is -1.43. The van der Waals surface area contributed by atoms with E-state index in [1.54, 1.807) is 4.90 Å². The van der Waals surface area contributed by atoms with Crippen LogP contribution in [0.3, 0.4) is 0 Å². The van der Waals surface area contributed by atoms with Gasteiger partial charge in [0.05, 0.1) is 0 Å². The fourth-order valence-corrected chi connectivity index (χ4v) is 1.95. The second-order valence-electron chi connectivity index (χ2n) is 5.86. The van der Waals surface area contributed by atoms with Gasteiger partial charge in [0.1, 0.15) is 5.82 Å². The summed E-state index contributed by atoms with van der Waals surface area (Å²) in [5, 5.41) is 10.2. The zero-order chi connectivity index (χ0) is 13.3. The molecule has 2 N–H and O–H groups in total. The number of amides is 1. The van der Waals surface area contributed by atoms with Crippen molar-refractivity contribution >= 4 is 5.91 Å². The van der Waals surface area contributed by atoms with Gasteiger partial charge in [0, 0.05) is 31.1 Å². The molecule has 1 unspecified atom stereocenters. The molecular formula is C12H21N5O. The maximum absolute atomic E-state index is 12.2. The van der Waals surface area contributed by atoms with Crippen molar-refractivity contribution in [3.63, 3.8) is 0 Å². The Balaban J connectivity index is 2.11. The summed E-state index contributed by atoms with van der Waals surface area (Å²) in [4.78, 5) is 18.3.